The first-order valence-electron chi connectivity index (χ1n) is 6.19. The second-order valence-electron chi connectivity index (χ2n) is 4.34. The molecule has 0 atom stereocenters. The van der Waals surface area contributed by atoms with Crippen molar-refractivity contribution in [2.24, 2.45) is 5.73 Å². The number of carbonyl (C=O) groups is 1. The number of hydrogen-bond acceptors (Lipinski definition) is 2. The summed E-state index contributed by atoms with van der Waals surface area (Å²) in [4.78, 5) is 10.7. The topological polar surface area (TPSA) is 52.3 Å². The van der Waals surface area contributed by atoms with E-state index in [9.17, 15) is 4.79 Å². The number of nitrogens with two attached hydrogens (primary N) is 1. The minimum Gasteiger partial charge on any atom is -0.488 e. The molecule has 0 radical (unpaired) electrons. The normalized spacial score (nSPS) is 10.8. The predicted molar refractivity (Wildman–Crippen MR) is 90.8 cm³/mol. The minimum atomic E-state index is -0.471. The Labute approximate surface area is 140 Å². The molecule has 0 spiro atoms. The van der Waals surface area contributed by atoms with Gasteiger partial charge in [-0.25, -0.2) is 0 Å². The average Bonchev–Trinajstić information content (AvgIpc) is 2.46. The third kappa shape index (κ3) is 5.02. The third-order valence-electron chi connectivity index (χ3n) is 2.70. The molecule has 0 saturated carbocycles. The van der Waals surface area contributed by atoms with E-state index in [1.54, 1.807) is 6.08 Å². The van der Waals surface area contributed by atoms with Crippen molar-refractivity contribution in [2.45, 2.75) is 6.61 Å². The molecule has 2 aromatic carbocycles. The number of primary amides is 1. The van der Waals surface area contributed by atoms with E-state index in [-0.39, 0.29) is 0 Å². The number of carbonyl (C=O) groups excluding carboxylic acids is 1. The van der Waals surface area contributed by atoms with E-state index in [4.69, 9.17) is 10.5 Å². The summed E-state index contributed by atoms with van der Waals surface area (Å²) >= 11 is 6.86. The standard InChI is InChI=1S/C16H13Br2NO2/c17-13-5-1-12(2-6-13)10-21-15-7-3-11(9-14(15)18)4-8-16(19)20/h1-9H,10H2,(H2,19,20)/b8-4+. The van der Waals surface area contributed by atoms with Crippen molar-refractivity contribution in [3.63, 3.8) is 0 Å². The number of benzene rings is 2. The van der Waals surface area contributed by atoms with Gasteiger partial charge in [0.25, 0.3) is 0 Å². The third-order valence-corrected chi connectivity index (χ3v) is 3.85. The van der Waals surface area contributed by atoms with Gasteiger partial charge in [0.2, 0.25) is 5.91 Å². The maximum Gasteiger partial charge on any atom is 0.241 e. The summed E-state index contributed by atoms with van der Waals surface area (Å²) < 4.78 is 7.63. The van der Waals surface area contributed by atoms with Gasteiger partial charge in [-0.3, -0.25) is 4.79 Å². The van der Waals surface area contributed by atoms with Gasteiger partial charge in [-0.1, -0.05) is 34.1 Å². The van der Waals surface area contributed by atoms with Gasteiger partial charge < -0.3 is 10.5 Å². The van der Waals surface area contributed by atoms with Gasteiger partial charge in [-0.2, -0.15) is 0 Å². The largest absolute Gasteiger partial charge is 0.488 e. The summed E-state index contributed by atoms with van der Waals surface area (Å²) in [5, 5.41) is 0. The first kappa shape index (κ1) is 15.8. The lowest BCUT2D eigenvalue weighted by Gasteiger charge is -2.09. The Hall–Kier alpha value is -1.59. The molecule has 0 bridgehead atoms. The van der Waals surface area contributed by atoms with Gasteiger partial charge in [0.1, 0.15) is 12.4 Å². The van der Waals surface area contributed by atoms with Gasteiger partial charge in [-0.15, -0.1) is 0 Å². The molecule has 0 aliphatic carbocycles. The van der Waals surface area contributed by atoms with Crippen LogP contribution in [-0.2, 0) is 11.4 Å². The number of amides is 1. The Morgan fingerprint density at radius 2 is 1.86 bits per heavy atom. The van der Waals surface area contributed by atoms with Crippen molar-refractivity contribution in [1.82, 2.24) is 0 Å². The van der Waals surface area contributed by atoms with Gasteiger partial charge >= 0.3 is 0 Å². The van der Waals surface area contributed by atoms with Crippen LogP contribution >= 0.6 is 31.9 Å². The molecule has 3 nitrogen and oxygen atoms in total. The highest BCUT2D eigenvalue weighted by Crippen LogP contribution is 2.27. The molecular formula is C16H13Br2NO2. The zero-order valence-electron chi connectivity index (χ0n) is 11.1. The van der Waals surface area contributed by atoms with Gasteiger partial charge in [0, 0.05) is 10.5 Å². The van der Waals surface area contributed by atoms with Crippen LogP contribution in [0.15, 0.2) is 57.5 Å². The average molecular weight is 411 g/mol. The predicted octanol–water partition coefficient (Wildman–Crippen LogP) is 4.29. The quantitative estimate of drug-likeness (QED) is 0.747. The number of ether oxygens (including phenoxy) is 1. The van der Waals surface area contributed by atoms with E-state index < -0.39 is 5.91 Å². The first-order chi connectivity index (χ1) is 10.0. The van der Waals surface area contributed by atoms with Crippen LogP contribution < -0.4 is 10.5 Å². The molecule has 21 heavy (non-hydrogen) atoms. The fraction of sp³-hybridized carbons (Fsp3) is 0.0625. The van der Waals surface area contributed by atoms with Crippen molar-refractivity contribution in [2.75, 3.05) is 0 Å². The molecule has 2 aromatic rings. The molecular weight excluding hydrogens is 398 g/mol. The highest BCUT2D eigenvalue weighted by Gasteiger charge is 2.02. The zero-order chi connectivity index (χ0) is 15.2. The fourth-order valence-corrected chi connectivity index (χ4v) is 2.43. The molecule has 0 saturated heterocycles. The Morgan fingerprint density at radius 1 is 1.14 bits per heavy atom. The Morgan fingerprint density at radius 3 is 2.48 bits per heavy atom. The summed E-state index contributed by atoms with van der Waals surface area (Å²) in [5.74, 6) is 0.274. The molecule has 0 aromatic heterocycles. The second-order valence-corrected chi connectivity index (χ2v) is 6.11. The summed E-state index contributed by atoms with van der Waals surface area (Å²) in [5.41, 5.74) is 7.02. The monoisotopic (exact) mass is 409 g/mol. The van der Waals surface area contributed by atoms with E-state index in [0.29, 0.717) is 6.61 Å². The maximum absolute atomic E-state index is 10.7. The fourth-order valence-electron chi connectivity index (χ4n) is 1.66. The van der Waals surface area contributed by atoms with Crippen LogP contribution in [0.25, 0.3) is 6.08 Å². The highest BCUT2D eigenvalue weighted by atomic mass is 79.9. The molecule has 2 N–H and O–H groups in total. The summed E-state index contributed by atoms with van der Waals surface area (Å²) in [7, 11) is 0. The summed E-state index contributed by atoms with van der Waals surface area (Å²) in [6, 6.07) is 13.5. The molecule has 0 aliphatic rings. The Bertz CT molecular complexity index is 666. The van der Waals surface area contributed by atoms with E-state index in [2.05, 4.69) is 31.9 Å². The molecule has 108 valence electrons. The molecule has 2 rings (SSSR count). The lowest BCUT2D eigenvalue weighted by atomic mass is 10.2. The van der Waals surface area contributed by atoms with E-state index >= 15 is 0 Å². The number of rotatable bonds is 5. The van der Waals surface area contributed by atoms with Gasteiger partial charge in [0.15, 0.2) is 0 Å². The van der Waals surface area contributed by atoms with Crippen LogP contribution in [0.1, 0.15) is 11.1 Å². The van der Waals surface area contributed by atoms with Crippen LogP contribution in [0, 0.1) is 0 Å². The van der Waals surface area contributed by atoms with Crippen molar-refractivity contribution in [3.8, 4) is 5.75 Å². The van der Waals surface area contributed by atoms with Gasteiger partial charge in [0.05, 0.1) is 4.47 Å². The Balaban J connectivity index is 2.04. The number of halogens is 2. The number of hydrogen-bond donors (Lipinski definition) is 1. The lowest BCUT2D eigenvalue weighted by Crippen LogP contribution is -2.05. The Kier molecular flexibility index (Phi) is 5.59. The van der Waals surface area contributed by atoms with Crippen LogP contribution in [0.4, 0.5) is 0 Å². The van der Waals surface area contributed by atoms with Crippen molar-refractivity contribution < 1.29 is 9.53 Å². The SMILES string of the molecule is NC(=O)/C=C/c1ccc(OCc2ccc(Br)cc2)c(Br)c1. The molecule has 0 heterocycles. The van der Waals surface area contributed by atoms with Crippen molar-refractivity contribution in [1.29, 1.82) is 0 Å². The van der Waals surface area contributed by atoms with E-state index in [1.165, 1.54) is 6.08 Å². The van der Waals surface area contributed by atoms with E-state index in [0.717, 1.165) is 25.8 Å². The van der Waals surface area contributed by atoms with Gasteiger partial charge in [-0.05, 0) is 57.4 Å². The molecule has 0 aliphatic heterocycles. The van der Waals surface area contributed by atoms with E-state index in [1.807, 2.05) is 42.5 Å². The minimum absolute atomic E-state index is 0.471. The molecule has 0 fully saturated rings. The molecule has 0 unspecified atom stereocenters. The van der Waals surface area contributed by atoms with Crippen molar-refractivity contribution >= 4 is 43.8 Å². The zero-order valence-corrected chi connectivity index (χ0v) is 14.2. The van der Waals surface area contributed by atoms with Crippen LogP contribution in [0.2, 0.25) is 0 Å². The molecule has 1 amide bonds. The lowest BCUT2D eigenvalue weighted by molar-refractivity contribution is -0.113. The first-order valence-corrected chi connectivity index (χ1v) is 7.77. The van der Waals surface area contributed by atoms with Crippen molar-refractivity contribution in [3.05, 3.63) is 68.6 Å². The van der Waals surface area contributed by atoms with Crippen LogP contribution in [0.5, 0.6) is 5.75 Å². The maximum atomic E-state index is 10.7. The van der Waals surface area contributed by atoms with Crippen LogP contribution in [-0.4, -0.2) is 5.91 Å². The second kappa shape index (κ2) is 7.43. The molecule has 5 heteroatoms. The highest BCUT2D eigenvalue weighted by molar-refractivity contribution is 9.10. The smallest absolute Gasteiger partial charge is 0.241 e. The summed E-state index contributed by atoms with van der Waals surface area (Å²) in [6.45, 7) is 0.488. The summed E-state index contributed by atoms with van der Waals surface area (Å²) in [6.07, 6.45) is 2.98. The van der Waals surface area contributed by atoms with Crippen LogP contribution in [0.3, 0.4) is 0 Å².